The number of allylic oxidation sites excluding steroid dienone is 2. The van der Waals surface area contributed by atoms with Gasteiger partial charge in [-0.3, -0.25) is 0 Å². The van der Waals surface area contributed by atoms with Crippen LogP contribution in [0.5, 0.6) is 0 Å². The van der Waals surface area contributed by atoms with Crippen molar-refractivity contribution in [2.24, 2.45) is 0 Å². The first-order chi connectivity index (χ1) is 10.9. The fourth-order valence-electron chi connectivity index (χ4n) is 3.38. The van der Waals surface area contributed by atoms with Crippen molar-refractivity contribution in [3.63, 3.8) is 0 Å². The van der Waals surface area contributed by atoms with Crippen LogP contribution < -0.4 is 0 Å². The number of rotatable bonds is 0. The number of hydrogen-bond acceptors (Lipinski definition) is 1. The third-order valence-electron chi connectivity index (χ3n) is 4.43. The Labute approximate surface area is 133 Å². The molecule has 22 heavy (non-hydrogen) atoms. The lowest BCUT2D eigenvalue weighted by Gasteiger charge is -2.03. The second kappa shape index (κ2) is 4.56. The quantitative estimate of drug-likeness (QED) is 0.341. The van der Waals surface area contributed by atoms with Gasteiger partial charge in [0.15, 0.2) is 0 Å². The summed E-state index contributed by atoms with van der Waals surface area (Å²) in [7, 11) is 0. The van der Waals surface area contributed by atoms with Crippen molar-refractivity contribution in [3.05, 3.63) is 71.8 Å². The van der Waals surface area contributed by atoms with Gasteiger partial charge in [-0.1, -0.05) is 54.6 Å². The lowest BCUT2D eigenvalue weighted by Crippen LogP contribution is -1.80. The summed E-state index contributed by atoms with van der Waals surface area (Å²) in [5, 5.41) is 5.47. The molecule has 0 saturated heterocycles. The Morgan fingerprint density at radius 1 is 0.727 bits per heavy atom. The largest absolute Gasteiger partial charge is 0.135 e. The molecule has 0 amide bonds. The van der Waals surface area contributed by atoms with Gasteiger partial charge in [-0.05, 0) is 46.5 Å². The Bertz CT molecular complexity index is 1090. The highest BCUT2D eigenvalue weighted by atomic mass is 32.1. The lowest BCUT2D eigenvalue weighted by atomic mass is 10.00. The number of fused-ring (bicyclic) bond motifs is 6. The molecular formula is C21H14S. The Kier molecular flexibility index (Phi) is 2.53. The Balaban J connectivity index is 1.99. The molecule has 3 aromatic carbocycles. The van der Waals surface area contributed by atoms with Gasteiger partial charge in [0.05, 0.1) is 0 Å². The highest BCUT2D eigenvalue weighted by Gasteiger charge is 2.11. The molecule has 0 N–H and O–H groups in total. The summed E-state index contributed by atoms with van der Waals surface area (Å²) in [6.07, 6.45) is 9.99. The molecule has 0 nitrogen and oxygen atoms in total. The van der Waals surface area contributed by atoms with Gasteiger partial charge < -0.3 is 0 Å². The summed E-state index contributed by atoms with van der Waals surface area (Å²) in [6, 6.07) is 17.9. The van der Waals surface area contributed by atoms with Crippen molar-refractivity contribution in [2.75, 3.05) is 0 Å². The molecule has 0 bridgehead atoms. The Morgan fingerprint density at radius 2 is 1.55 bits per heavy atom. The monoisotopic (exact) mass is 298 g/mol. The highest BCUT2D eigenvalue weighted by Crippen LogP contribution is 2.40. The highest BCUT2D eigenvalue weighted by molar-refractivity contribution is 7.26. The summed E-state index contributed by atoms with van der Waals surface area (Å²) in [6.45, 7) is 0. The first-order valence-electron chi connectivity index (χ1n) is 7.61. The average molecular weight is 298 g/mol. The molecule has 0 spiro atoms. The van der Waals surface area contributed by atoms with Crippen molar-refractivity contribution in [1.29, 1.82) is 0 Å². The van der Waals surface area contributed by atoms with Crippen LogP contribution >= 0.6 is 11.3 Å². The summed E-state index contributed by atoms with van der Waals surface area (Å²) in [5.74, 6) is 0. The zero-order valence-electron chi connectivity index (χ0n) is 12.0. The molecule has 1 aliphatic carbocycles. The predicted octanol–water partition coefficient (Wildman–Crippen LogP) is 6.64. The van der Waals surface area contributed by atoms with Crippen LogP contribution in [0.25, 0.3) is 43.1 Å². The maximum absolute atomic E-state index is 2.36. The van der Waals surface area contributed by atoms with E-state index in [1.54, 1.807) is 0 Å². The topological polar surface area (TPSA) is 0 Å². The summed E-state index contributed by atoms with van der Waals surface area (Å²) >= 11 is 1.90. The number of benzene rings is 3. The van der Waals surface area contributed by atoms with Crippen LogP contribution in [0.1, 0.15) is 17.5 Å². The van der Waals surface area contributed by atoms with E-state index in [4.69, 9.17) is 0 Å². The first-order valence-corrected chi connectivity index (χ1v) is 8.43. The number of thiophene rings is 1. The third-order valence-corrected chi connectivity index (χ3v) is 5.55. The Hall–Kier alpha value is -2.38. The molecule has 0 saturated carbocycles. The van der Waals surface area contributed by atoms with E-state index < -0.39 is 0 Å². The van der Waals surface area contributed by atoms with Crippen LogP contribution in [0.2, 0.25) is 0 Å². The molecule has 104 valence electrons. The zero-order chi connectivity index (χ0) is 14.5. The molecule has 0 fully saturated rings. The van der Waals surface area contributed by atoms with E-state index in [-0.39, 0.29) is 0 Å². The average Bonchev–Trinajstić information content (AvgIpc) is 2.75. The van der Waals surface area contributed by atoms with Crippen LogP contribution in [0, 0.1) is 0 Å². The molecule has 0 aliphatic heterocycles. The predicted molar refractivity (Wildman–Crippen MR) is 99.5 cm³/mol. The normalized spacial score (nSPS) is 13.8. The van der Waals surface area contributed by atoms with Crippen LogP contribution in [0.3, 0.4) is 0 Å². The van der Waals surface area contributed by atoms with E-state index in [9.17, 15) is 0 Å². The van der Waals surface area contributed by atoms with Crippen molar-refractivity contribution in [3.8, 4) is 0 Å². The fourth-order valence-corrected chi connectivity index (χ4v) is 4.53. The summed E-state index contributed by atoms with van der Waals surface area (Å²) in [5.41, 5.74) is 2.66. The maximum atomic E-state index is 2.36. The minimum Gasteiger partial charge on any atom is -0.135 e. The molecule has 1 heterocycles. The van der Waals surface area contributed by atoms with Gasteiger partial charge >= 0.3 is 0 Å². The third kappa shape index (κ3) is 1.69. The fraction of sp³-hybridized carbons (Fsp3) is 0.0476. The van der Waals surface area contributed by atoms with E-state index >= 15 is 0 Å². The molecule has 1 aromatic heterocycles. The molecule has 5 rings (SSSR count). The van der Waals surface area contributed by atoms with Gasteiger partial charge in [-0.15, -0.1) is 11.3 Å². The Morgan fingerprint density at radius 3 is 2.45 bits per heavy atom. The van der Waals surface area contributed by atoms with Crippen molar-refractivity contribution in [2.45, 2.75) is 6.42 Å². The second-order valence-corrected chi connectivity index (χ2v) is 6.86. The van der Waals surface area contributed by atoms with Crippen molar-refractivity contribution < 1.29 is 0 Å². The zero-order valence-corrected chi connectivity index (χ0v) is 12.9. The summed E-state index contributed by atoms with van der Waals surface area (Å²) in [4.78, 5) is 0. The van der Waals surface area contributed by atoms with Crippen molar-refractivity contribution in [1.82, 2.24) is 0 Å². The van der Waals surface area contributed by atoms with E-state index in [2.05, 4.69) is 72.8 Å². The van der Waals surface area contributed by atoms with E-state index in [0.29, 0.717) is 0 Å². The molecular weight excluding hydrogens is 284 g/mol. The lowest BCUT2D eigenvalue weighted by molar-refractivity contribution is 1.44. The van der Waals surface area contributed by atoms with Gasteiger partial charge in [0.1, 0.15) is 0 Å². The molecule has 1 heteroatoms. The van der Waals surface area contributed by atoms with Gasteiger partial charge in [0.25, 0.3) is 0 Å². The molecule has 0 atom stereocenters. The van der Waals surface area contributed by atoms with Crippen LogP contribution in [-0.4, -0.2) is 0 Å². The summed E-state index contributed by atoms with van der Waals surface area (Å²) < 4.78 is 2.76. The van der Waals surface area contributed by atoms with E-state index in [0.717, 1.165) is 6.42 Å². The standard InChI is InChI=1S/C21H14S/c1-2-7-15-12-18-20(13-16(15)8-3-1)22-19-11-10-14-6-4-5-9-17(14)21(18)19/h2-13H,1H2. The maximum Gasteiger partial charge on any atom is 0.0362 e. The van der Waals surface area contributed by atoms with E-state index in [1.165, 1.54) is 42.1 Å². The molecule has 4 aromatic rings. The van der Waals surface area contributed by atoms with Crippen LogP contribution in [0.4, 0.5) is 0 Å². The SMILES string of the molecule is C1=Cc2cc3sc4ccc5ccccc5c4c3cc2C=CC1. The smallest absolute Gasteiger partial charge is 0.0362 e. The molecule has 0 radical (unpaired) electrons. The van der Waals surface area contributed by atoms with Crippen molar-refractivity contribution >= 4 is 54.4 Å². The second-order valence-electron chi connectivity index (χ2n) is 5.78. The van der Waals surface area contributed by atoms with Gasteiger partial charge in [-0.2, -0.15) is 0 Å². The van der Waals surface area contributed by atoms with Gasteiger partial charge in [0.2, 0.25) is 0 Å². The first kappa shape index (κ1) is 12.2. The van der Waals surface area contributed by atoms with Gasteiger partial charge in [0, 0.05) is 20.2 Å². The van der Waals surface area contributed by atoms with Crippen LogP contribution in [0.15, 0.2) is 60.7 Å². The van der Waals surface area contributed by atoms with Gasteiger partial charge in [-0.25, -0.2) is 0 Å². The molecule has 0 unspecified atom stereocenters. The van der Waals surface area contributed by atoms with E-state index in [1.807, 2.05) is 11.3 Å². The minimum absolute atomic E-state index is 1.02. The minimum atomic E-state index is 1.02. The van der Waals surface area contributed by atoms with Crippen LogP contribution in [-0.2, 0) is 0 Å². The molecule has 1 aliphatic rings. The number of hydrogen-bond donors (Lipinski definition) is 0.